The molecule has 0 bridgehead atoms. The van der Waals surface area contributed by atoms with E-state index >= 15 is 0 Å². The molecule has 0 aliphatic heterocycles. The molecule has 2 aromatic heterocycles. The molecule has 0 aromatic carbocycles. The number of rotatable bonds is 6. The molecule has 0 saturated heterocycles. The molecular formula is C12H17ClN6. The first-order chi connectivity index (χ1) is 9.24. The molecule has 0 aliphatic rings. The second kappa shape index (κ2) is 6.47. The lowest BCUT2D eigenvalue weighted by Gasteiger charge is -2.21. The van der Waals surface area contributed by atoms with E-state index in [-0.39, 0.29) is 5.28 Å². The van der Waals surface area contributed by atoms with E-state index in [0.717, 1.165) is 25.9 Å². The Hall–Kier alpha value is -1.69. The zero-order chi connectivity index (χ0) is 13.7. The van der Waals surface area contributed by atoms with Gasteiger partial charge in [0.05, 0.1) is 0 Å². The van der Waals surface area contributed by atoms with Crippen LogP contribution in [0.15, 0.2) is 18.5 Å². The molecule has 0 atom stereocenters. The summed E-state index contributed by atoms with van der Waals surface area (Å²) < 4.78 is 1.58. The van der Waals surface area contributed by atoms with Crippen molar-refractivity contribution in [3.05, 3.63) is 23.7 Å². The fourth-order valence-electron chi connectivity index (χ4n) is 1.81. The fraction of sp³-hybridized carbons (Fsp3) is 0.500. The molecule has 102 valence electrons. The first-order valence-corrected chi connectivity index (χ1v) is 6.79. The number of anilines is 1. The monoisotopic (exact) mass is 280 g/mol. The van der Waals surface area contributed by atoms with Crippen molar-refractivity contribution < 1.29 is 0 Å². The van der Waals surface area contributed by atoms with E-state index in [1.807, 2.05) is 6.07 Å². The van der Waals surface area contributed by atoms with E-state index in [1.54, 1.807) is 17.1 Å². The molecular weight excluding hydrogens is 264 g/mol. The molecule has 0 radical (unpaired) electrons. The standard InChI is InChI=1S/C12H17ClN6/c1-3-7-18(8-4-2)11-15-10(13)16-12(17-11)19-9-5-6-14-19/h5-6,9H,3-4,7-8H2,1-2H3. The SMILES string of the molecule is CCCN(CCC)c1nc(Cl)nc(-n2cccn2)n1. The fourth-order valence-corrected chi connectivity index (χ4v) is 1.96. The molecule has 0 fully saturated rings. The van der Waals surface area contributed by atoms with Crippen LogP contribution in [0.5, 0.6) is 0 Å². The molecule has 19 heavy (non-hydrogen) atoms. The molecule has 7 heteroatoms. The zero-order valence-corrected chi connectivity index (χ0v) is 11.9. The Morgan fingerprint density at radius 3 is 2.47 bits per heavy atom. The number of nitrogens with zero attached hydrogens (tertiary/aromatic N) is 6. The van der Waals surface area contributed by atoms with Crippen LogP contribution in [0, 0.1) is 0 Å². The molecule has 2 rings (SSSR count). The quantitative estimate of drug-likeness (QED) is 0.813. The van der Waals surface area contributed by atoms with Crippen molar-refractivity contribution >= 4 is 17.5 Å². The van der Waals surface area contributed by atoms with Crippen LogP contribution in [0.1, 0.15) is 26.7 Å². The highest BCUT2D eigenvalue weighted by molar-refractivity contribution is 6.28. The van der Waals surface area contributed by atoms with Gasteiger partial charge in [-0.1, -0.05) is 13.8 Å². The Labute approximate surface area is 117 Å². The maximum absolute atomic E-state index is 5.98. The van der Waals surface area contributed by atoms with E-state index in [2.05, 4.69) is 38.8 Å². The van der Waals surface area contributed by atoms with Crippen molar-refractivity contribution in [3.63, 3.8) is 0 Å². The lowest BCUT2D eigenvalue weighted by atomic mass is 10.4. The highest BCUT2D eigenvalue weighted by Crippen LogP contribution is 2.14. The van der Waals surface area contributed by atoms with Gasteiger partial charge in [0.25, 0.3) is 5.95 Å². The average Bonchev–Trinajstić information content (AvgIpc) is 2.91. The summed E-state index contributed by atoms with van der Waals surface area (Å²) in [6.45, 7) is 6.04. The average molecular weight is 281 g/mol. The predicted octanol–water partition coefficient (Wildman–Crippen LogP) is 2.34. The molecule has 0 unspecified atom stereocenters. The van der Waals surface area contributed by atoms with Gasteiger partial charge in [-0.3, -0.25) is 0 Å². The summed E-state index contributed by atoms with van der Waals surface area (Å²) in [5, 5.41) is 4.29. The third-order valence-corrected chi connectivity index (χ3v) is 2.73. The van der Waals surface area contributed by atoms with Crippen LogP contribution < -0.4 is 4.90 Å². The Morgan fingerprint density at radius 1 is 1.16 bits per heavy atom. The third-order valence-electron chi connectivity index (χ3n) is 2.56. The van der Waals surface area contributed by atoms with Crippen molar-refractivity contribution in [3.8, 4) is 5.95 Å². The maximum atomic E-state index is 5.98. The van der Waals surface area contributed by atoms with Crippen molar-refractivity contribution in [2.45, 2.75) is 26.7 Å². The minimum Gasteiger partial charge on any atom is -0.341 e. The first kappa shape index (κ1) is 13.7. The Balaban J connectivity index is 2.34. The van der Waals surface area contributed by atoms with Gasteiger partial charge in [-0.2, -0.15) is 20.1 Å². The maximum Gasteiger partial charge on any atom is 0.256 e. The minimum atomic E-state index is 0.188. The number of hydrogen-bond acceptors (Lipinski definition) is 5. The van der Waals surface area contributed by atoms with Crippen LogP contribution in [0.2, 0.25) is 5.28 Å². The second-order valence-corrected chi connectivity index (χ2v) is 4.48. The molecule has 2 heterocycles. The van der Waals surface area contributed by atoms with Crippen LogP contribution in [0.3, 0.4) is 0 Å². The molecule has 0 amide bonds. The van der Waals surface area contributed by atoms with E-state index < -0.39 is 0 Å². The Morgan fingerprint density at radius 2 is 1.89 bits per heavy atom. The van der Waals surface area contributed by atoms with Crippen LogP contribution >= 0.6 is 11.6 Å². The van der Waals surface area contributed by atoms with E-state index in [1.165, 1.54) is 0 Å². The van der Waals surface area contributed by atoms with Gasteiger partial charge in [-0.05, 0) is 30.5 Å². The largest absolute Gasteiger partial charge is 0.341 e. The summed E-state index contributed by atoms with van der Waals surface area (Å²) in [6, 6.07) is 1.81. The second-order valence-electron chi connectivity index (χ2n) is 4.14. The molecule has 0 aliphatic carbocycles. The molecule has 2 aromatic rings. The molecule has 0 N–H and O–H groups in total. The van der Waals surface area contributed by atoms with Crippen LogP contribution in [-0.4, -0.2) is 37.8 Å². The molecule has 6 nitrogen and oxygen atoms in total. The van der Waals surface area contributed by atoms with Crippen LogP contribution in [0.25, 0.3) is 5.95 Å². The first-order valence-electron chi connectivity index (χ1n) is 6.41. The van der Waals surface area contributed by atoms with Gasteiger partial charge in [0.2, 0.25) is 11.2 Å². The summed E-state index contributed by atoms with van der Waals surface area (Å²) in [5.74, 6) is 1.05. The van der Waals surface area contributed by atoms with Crippen molar-refractivity contribution in [2.75, 3.05) is 18.0 Å². The van der Waals surface area contributed by atoms with Gasteiger partial charge < -0.3 is 4.90 Å². The van der Waals surface area contributed by atoms with Crippen molar-refractivity contribution in [1.29, 1.82) is 0 Å². The van der Waals surface area contributed by atoms with Gasteiger partial charge in [-0.25, -0.2) is 4.68 Å². The van der Waals surface area contributed by atoms with Gasteiger partial charge in [0, 0.05) is 25.5 Å². The Kier molecular flexibility index (Phi) is 4.68. The zero-order valence-electron chi connectivity index (χ0n) is 11.1. The topological polar surface area (TPSA) is 59.7 Å². The summed E-state index contributed by atoms with van der Waals surface area (Å²) in [4.78, 5) is 14.9. The lowest BCUT2D eigenvalue weighted by Crippen LogP contribution is -2.27. The van der Waals surface area contributed by atoms with Crippen molar-refractivity contribution in [1.82, 2.24) is 24.7 Å². The number of aromatic nitrogens is 5. The van der Waals surface area contributed by atoms with Gasteiger partial charge >= 0.3 is 0 Å². The van der Waals surface area contributed by atoms with Crippen LogP contribution in [0.4, 0.5) is 5.95 Å². The summed E-state index contributed by atoms with van der Waals surface area (Å²) in [6.07, 6.45) is 5.51. The lowest BCUT2D eigenvalue weighted by molar-refractivity contribution is 0.705. The van der Waals surface area contributed by atoms with Gasteiger partial charge in [-0.15, -0.1) is 0 Å². The highest BCUT2D eigenvalue weighted by atomic mass is 35.5. The van der Waals surface area contributed by atoms with Crippen LogP contribution in [-0.2, 0) is 0 Å². The van der Waals surface area contributed by atoms with Gasteiger partial charge in [0.15, 0.2) is 0 Å². The number of hydrogen-bond donors (Lipinski definition) is 0. The Bertz CT molecular complexity index is 507. The summed E-state index contributed by atoms with van der Waals surface area (Å²) in [5.41, 5.74) is 0. The highest BCUT2D eigenvalue weighted by Gasteiger charge is 2.12. The molecule has 0 saturated carbocycles. The van der Waals surface area contributed by atoms with Gasteiger partial charge in [0.1, 0.15) is 0 Å². The normalized spacial score (nSPS) is 10.7. The summed E-state index contributed by atoms with van der Waals surface area (Å²) >= 11 is 5.98. The molecule has 0 spiro atoms. The summed E-state index contributed by atoms with van der Waals surface area (Å²) in [7, 11) is 0. The minimum absolute atomic E-state index is 0.188. The number of halogens is 1. The van der Waals surface area contributed by atoms with E-state index in [9.17, 15) is 0 Å². The predicted molar refractivity (Wildman–Crippen MR) is 74.8 cm³/mol. The van der Waals surface area contributed by atoms with E-state index in [0.29, 0.717) is 11.9 Å². The smallest absolute Gasteiger partial charge is 0.256 e. The third kappa shape index (κ3) is 3.41. The van der Waals surface area contributed by atoms with E-state index in [4.69, 9.17) is 11.6 Å². The van der Waals surface area contributed by atoms with Crippen molar-refractivity contribution in [2.24, 2.45) is 0 Å².